The lowest BCUT2D eigenvalue weighted by Crippen LogP contribution is -2.46. The Morgan fingerprint density at radius 3 is 2.95 bits per heavy atom. The summed E-state index contributed by atoms with van der Waals surface area (Å²) in [5, 5.41) is 2.83. The third-order valence-corrected chi connectivity index (χ3v) is 4.39. The van der Waals surface area contributed by atoms with Crippen LogP contribution < -0.4 is 16.0 Å². The molecule has 1 aromatic carbocycles. The minimum absolute atomic E-state index is 0.00668. The van der Waals surface area contributed by atoms with E-state index in [1.54, 1.807) is 17.0 Å². The summed E-state index contributed by atoms with van der Waals surface area (Å²) >= 11 is 0. The number of anilines is 1. The molecule has 3 N–H and O–H groups in total. The van der Waals surface area contributed by atoms with Crippen LogP contribution >= 0.6 is 0 Å². The van der Waals surface area contributed by atoms with Gasteiger partial charge >= 0.3 is 6.03 Å². The summed E-state index contributed by atoms with van der Waals surface area (Å²) in [5.74, 6) is 0.00668. The topological polar surface area (TPSA) is 78.7 Å². The van der Waals surface area contributed by atoms with Crippen molar-refractivity contribution in [3.8, 4) is 0 Å². The van der Waals surface area contributed by atoms with Crippen LogP contribution in [0.3, 0.4) is 0 Å². The highest BCUT2D eigenvalue weighted by Gasteiger charge is 2.29. The van der Waals surface area contributed by atoms with Crippen molar-refractivity contribution in [1.82, 2.24) is 10.2 Å². The van der Waals surface area contributed by atoms with Gasteiger partial charge in [0.25, 0.3) is 5.91 Å². The van der Waals surface area contributed by atoms with Crippen LogP contribution in [-0.4, -0.2) is 49.1 Å². The van der Waals surface area contributed by atoms with Crippen molar-refractivity contribution in [1.29, 1.82) is 0 Å². The Balaban J connectivity index is 1.81. The molecular formula is C16H22N4O2. The molecule has 22 heavy (non-hydrogen) atoms. The van der Waals surface area contributed by atoms with Crippen molar-refractivity contribution in [3.05, 3.63) is 29.8 Å². The number of carbonyl (C=O) groups is 2. The van der Waals surface area contributed by atoms with Gasteiger partial charge in [-0.2, -0.15) is 0 Å². The summed E-state index contributed by atoms with van der Waals surface area (Å²) in [4.78, 5) is 28.2. The van der Waals surface area contributed by atoms with E-state index in [0.29, 0.717) is 25.2 Å². The molecule has 0 aliphatic carbocycles. The molecule has 3 rings (SSSR count). The highest BCUT2D eigenvalue weighted by atomic mass is 16.2. The molecule has 0 aromatic heterocycles. The van der Waals surface area contributed by atoms with E-state index < -0.39 is 0 Å². The third-order valence-electron chi connectivity index (χ3n) is 4.39. The zero-order valence-corrected chi connectivity index (χ0v) is 12.6. The normalized spacial score (nSPS) is 21.9. The van der Waals surface area contributed by atoms with E-state index >= 15 is 0 Å². The number of benzene rings is 1. The number of nitrogens with one attached hydrogen (secondary N) is 1. The molecule has 2 heterocycles. The molecule has 0 radical (unpaired) electrons. The molecule has 0 spiro atoms. The fourth-order valence-electron chi connectivity index (χ4n) is 3.20. The average Bonchev–Trinajstić information content (AvgIpc) is 3.03. The Labute approximate surface area is 130 Å². The van der Waals surface area contributed by atoms with Crippen LogP contribution in [0.1, 0.15) is 29.6 Å². The van der Waals surface area contributed by atoms with E-state index in [0.717, 1.165) is 31.5 Å². The number of nitrogens with two attached hydrogens (primary N) is 1. The Morgan fingerprint density at radius 2 is 2.18 bits per heavy atom. The van der Waals surface area contributed by atoms with Crippen LogP contribution in [0.2, 0.25) is 0 Å². The number of amides is 3. The summed E-state index contributed by atoms with van der Waals surface area (Å²) in [7, 11) is 0. The second-order valence-corrected chi connectivity index (χ2v) is 5.82. The van der Waals surface area contributed by atoms with Crippen molar-refractivity contribution in [3.63, 3.8) is 0 Å². The Bertz CT molecular complexity index is 575. The fraction of sp³-hybridized carbons (Fsp3) is 0.500. The summed E-state index contributed by atoms with van der Waals surface area (Å²) < 4.78 is 0. The Kier molecular flexibility index (Phi) is 4.29. The van der Waals surface area contributed by atoms with Gasteiger partial charge in [-0.25, -0.2) is 4.79 Å². The first-order chi connectivity index (χ1) is 10.7. The second-order valence-electron chi connectivity index (χ2n) is 5.82. The van der Waals surface area contributed by atoms with Crippen LogP contribution in [0.15, 0.2) is 24.3 Å². The first-order valence-corrected chi connectivity index (χ1v) is 7.87. The molecule has 1 aromatic rings. The van der Waals surface area contributed by atoms with E-state index in [1.165, 1.54) is 0 Å². The van der Waals surface area contributed by atoms with Crippen molar-refractivity contribution in [2.24, 2.45) is 5.73 Å². The van der Waals surface area contributed by atoms with Gasteiger partial charge in [-0.05, 0) is 37.5 Å². The summed E-state index contributed by atoms with van der Waals surface area (Å²) in [6.45, 7) is 2.65. The van der Waals surface area contributed by atoms with Gasteiger partial charge in [0, 0.05) is 43.5 Å². The molecule has 2 aliphatic rings. The number of carbonyl (C=O) groups excluding carboxylic acids is 2. The van der Waals surface area contributed by atoms with Gasteiger partial charge in [0.15, 0.2) is 0 Å². The summed E-state index contributed by atoms with van der Waals surface area (Å²) in [6, 6.07) is 7.34. The van der Waals surface area contributed by atoms with Gasteiger partial charge in [0.05, 0.1) is 0 Å². The van der Waals surface area contributed by atoms with Gasteiger partial charge < -0.3 is 16.0 Å². The van der Waals surface area contributed by atoms with Crippen molar-refractivity contribution in [2.45, 2.75) is 25.3 Å². The standard InChI is InChI=1S/C16H22N4O2/c17-11-14-6-2-8-19(14)15(21)12-4-1-5-13(10-12)20-9-3-7-18-16(20)22/h1,4-5,10,14H,2-3,6-9,11,17H2,(H,18,22). The molecule has 118 valence electrons. The number of likely N-dealkylation sites (tertiary alicyclic amines) is 1. The van der Waals surface area contributed by atoms with Crippen molar-refractivity contribution in [2.75, 3.05) is 31.1 Å². The van der Waals surface area contributed by atoms with Crippen molar-refractivity contribution >= 4 is 17.6 Å². The lowest BCUT2D eigenvalue weighted by Gasteiger charge is -2.28. The molecular weight excluding hydrogens is 280 g/mol. The molecule has 1 atom stereocenters. The molecule has 1 unspecified atom stereocenters. The predicted molar refractivity (Wildman–Crippen MR) is 84.9 cm³/mol. The fourth-order valence-corrected chi connectivity index (χ4v) is 3.20. The number of rotatable bonds is 3. The molecule has 3 amide bonds. The van der Waals surface area contributed by atoms with Gasteiger partial charge in [-0.1, -0.05) is 6.07 Å². The molecule has 0 saturated carbocycles. The second kappa shape index (κ2) is 6.36. The van der Waals surface area contributed by atoms with E-state index in [1.807, 2.05) is 17.0 Å². The molecule has 0 bridgehead atoms. The first kappa shape index (κ1) is 14.8. The van der Waals surface area contributed by atoms with Crippen LogP contribution in [0.5, 0.6) is 0 Å². The Hall–Kier alpha value is -2.08. The molecule has 2 aliphatic heterocycles. The van der Waals surface area contributed by atoms with E-state index in [-0.39, 0.29) is 18.0 Å². The smallest absolute Gasteiger partial charge is 0.321 e. The molecule has 2 saturated heterocycles. The largest absolute Gasteiger partial charge is 0.338 e. The van der Waals surface area contributed by atoms with E-state index in [2.05, 4.69) is 5.32 Å². The van der Waals surface area contributed by atoms with Crippen molar-refractivity contribution < 1.29 is 9.59 Å². The lowest BCUT2D eigenvalue weighted by molar-refractivity contribution is 0.0741. The van der Waals surface area contributed by atoms with Gasteiger partial charge in [0.1, 0.15) is 0 Å². The molecule has 6 nitrogen and oxygen atoms in total. The summed E-state index contributed by atoms with van der Waals surface area (Å²) in [6.07, 6.45) is 2.88. The lowest BCUT2D eigenvalue weighted by atomic mass is 10.1. The highest BCUT2D eigenvalue weighted by Crippen LogP contribution is 2.23. The maximum absolute atomic E-state index is 12.7. The maximum Gasteiger partial charge on any atom is 0.321 e. The quantitative estimate of drug-likeness (QED) is 0.879. The van der Waals surface area contributed by atoms with Crippen LogP contribution in [-0.2, 0) is 0 Å². The minimum atomic E-state index is -0.100. The SMILES string of the molecule is NCC1CCCN1C(=O)c1cccc(N2CCCNC2=O)c1. The van der Waals surface area contributed by atoms with Crippen LogP contribution in [0.4, 0.5) is 10.5 Å². The van der Waals surface area contributed by atoms with Gasteiger partial charge in [-0.15, -0.1) is 0 Å². The first-order valence-electron chi connectivity index (χ1n) is 7.87. The number of hydrogen-bond acceptors (Lipinski definition) is 3. The molecule has 6 heteroatoms. The van der Waals surface area contributed by atoms with E-state index in [9.17, 15) is 9.59 Å². The number of nitrogens with zero attached hydrogens (tertiary/aromatic N) is 2. The predicted octanol–water partition coefficient (Wildman–Crippen LogP) is 1.17. The highest BCUT2D eigenvalue weighted by molar-refractivity contribution is 5.98. The maximum atomic E-state index is 12.7. The number of hydrogen-bond donors (Lipinski definition) is 2. The van der Waals surface area contributed by atoms with Crippen LogP contribution in [0.25, 0.3) is 0 Å². The number of urea groups is 1. The zero-order valence-electron chi connectivity index (χ0n) is 12.6. The van der Waals surface area contributed by atoms with E-state index in [4.69, 9.17) is 5.73 Å². The monoisotopic (exact) mass is 302 g/mol. The van der Waals surface area contributed by atoms with Gasteiger partial charge in [-0.3, -0.25) is 9.69 Å². The average molecular weight is 302 g/mol. The zero-order chi connectivity index (χ0) is 15.5. The summed E-state index contributed by atoms with van der Waals surface area (Å²) in [5.41, 5.74) is 7.14. The van der Waals surface area contributed by atoms with Gasteiger partial charge in [0.2, 0.25) is 0 Å². The molecule has 2 fully saturated rings. The Morgan fingerprint density at radius 1 is 1.32 bits per heavy atom. The minimum Gasteiger partial charge on any atom is -0.338 e. The van der Waals surface area contributed by atoms with Crippen LogP contribution in [0, 0.1) is 0 Å². The third kappa shape index (κ3) is 2.78.